The number of sulfone groups is 1. The molecular formula is C26H38N2O5S. The number of aliphatic hydroxyl groups is 1. The van der Waals surface area contributed by atoms with Crippen molar-refractivity contribution >= 4 is 15.9 Å². The Morgan fingerprint density at radius 1 is 1.06 bits per heavy atom. The third-order valence-electron chi connectivity index (χ3n) is 5.29. The molecule has 1 amide bonds. The standard InChI is InChI=1S/C26H38N2O5S/c1-18(2)21-12-20(13-22(15-21)34(6,31)32)17-33-25(30)27-16-24(29)23(28-26(3,4)5)14-19-10-8-7-9-11-19/h7-13,15,18,23-24,28-29H,14,16-17H2,1-6H3,(H,27,30). The molecule has 0 fully saturated rings. The minimum absolute atomic E-state index is 0.0139. The lowest BCUT2D eigenvalue weighted by atomic mass is 9.97. The molecule has 0 radical (unpaired) electrons. The average Bonchev–Trinajstić information content (AvgIpc) is 2.74. The Hall–Kier alpha value is -2.42. The highest BCUT2D eigenvalue weighted by Crippen LogP contribution is 2.22. The highest BCUT2D eigenvalue weighted by atomic mass is 32.2. The lowest BCUT2D eigenvalue weighted by molar-refractivity contribution is 0.0991. The van der Waals surface area contributed by atoms with Crippen molar-refractivity contribution in [3.63, 3.8) is 0 Å². The zero-order valence-corrected chi connectivity index (χ0v) is 21.8. The van der Waals surface area contributed by atoms with Gasteiger partial charge in [0.05, 0.1) is 11.0 Å². The van der Waals surface area contributed by atoms with Gasteiger partial charge in [-0.2, -0.15) is 0 Å². The van der Waals surface area contributed by atoms with E-state index in [9.17, 15) is 18.3 Å². The van der Waals surface area contributed by atoms with E-state index in [1.165, 1.54) is 6.07 Å². The number of hydrogen-bond donors (Lipinski definition) is 3. The summed E-state index contributed by atoms with van der Waals surface area (Å²) in [5.41, 5.74) is 2.31. The Balaban J connectivity index is 1.99. The van der Waals surface area contributed by atoms with Crippen molar-refractivity contribution in [2.75, 3.05) is 12.8 Å². The summed E-state index contributed by atoms with van der Waals surface area (Å²) in [5, 5.41) is 16.8. The highest BCUT2D eigenvalue weighted by Gasteiger charge is 2.25. The Kier molecular flexibility index (Phi) is 9.67. The summed E-state index contributed by atoms with van der Waals surface area (Å²) < 4.78 is 29.3. The van der Waals surface area contributed by atoms with Crippen LogP contribution in [0.15, 0.2) is 53.4 Å². The first-order valence-electron chi connectivity index (χ1n) is 11.5. The van der Waals surface area contributed by atoms with Crippen LogP contribution >= 0.6 is 0 Å². The van der Waals surface area contributed by atoms with E-state index in [1.807, 2.05) is 71.0 Å². The molecule has 3 N–H and O–H groups in total. The van der Waals surface area contributed by atoms with Gasteiger partial charge in [-0.15, -0.1) is 0 Å². The van der Waals surface area contributed by atoms with E-state index >= 15 is 0 Å². The first kappa shape index (κ1) is 27.8. The number of aliphatic hydroxyl groups excluding tert-OH is 1. The van der Waals surface area contributed by atoms with Crippen LogP contribution in [0.3, 0.4) is 0 Å². The molecule has 0 saturated heterocycles. The van der Waals surface area contributed by atoms with E-state index in [0.717, 1.165) is 17.4 Å². The Morgan fingerprint density at radius 3 is 2.26 bits per heavy atom. The number of ether oxygens (including phenoxy) is 1. The second kappa shape index (κ2) is 11.8. The number of carbonyl (C=O) groups is 1. The van der Waals surface area contributed by atoms with Crippen molar-refractivity contribution in [2.24, 2.45) is 0 Å². The largest absolute Gasteiger partial charge is 0.445 e. The van der Waals surface area contributed by atoms with Gasteiger partial charge in [-0.05, 0) is 61.9 Å². The maximum Gasteiger partial charge on any atom is 0.407 e. The first-order chi connectivity index (χ1) is 15.7. The summed E-state index contributed by atoms with van der Waals surface area (Å²) in [6, 6.07) is 14.6. The quantitative estimate of drug-likeness (QED) is 0.468. The van der Waals surface area contributed by atoms with E-state index in [1.54, 1.807) is 6.07 Å². The van der Waals surface area contributed by atoms with E-state index in [4.69, 9.17) is 4.74 Å². The molecule has 0 aliphatic rings. The zero-order valence-electron chi connectivity index (χ0n) is 21.0. The molecule has 0 saturated carbocycles. The first-order valence-corrected chi connectivity index (χ1v) is 13.4. The molecule has 2 aromatic rings. The summed E-state index contributed by atoms with van der Waals surface area (Å²) in [5.74, 6) is 0.126. The van der Waals surface area contributed by atoms with E-state index in [-0.39, 0.29) is 35.5 Å². The van der Waals surface area contributed by atoms with Gasteiger partial charge in [-0.25, -0.2) is 13.2 Å². The molecule has 188 valence electrons. The lowest BCUT2D eigenvalue weighted by Crippen LogP contribution is -2.53. The molecule has 0 spiro atoms. The third kappa shape index (κ3) is 9.44. The van der Waals surface area contributed by atoms with Crippen molar-refractivity contribution in [3.8, 4) is 0 Å². The van der Waals surface area contributed by atoms with Gasteiger partial charge in [0.2, 0.25) is 0 Å². The van der Waals surface area contributed by atoms with Crippen LogP contribution in [-0.4, -0.2) is 50.1 Å². The Bertz CT molecular complexity index is 1050. The molecule has 0 bridgehead atoms. The van der Waals surface area contributed by atoms with Crippen molar-refractivity contribution in [3.05, 3.63) is 65.2 Å². The molecule has 0 heterocycles. The van der Waals surface area contributed by atoms with Crippen LogP contribution in [0.1, 0.15) is 57.2 Å². The summed E-state index contributed by atoms with van der Waals surface area (Å²) in [6.07, 6.45) is 0.242. The molecule has 0 aromatic heterocycles. The zero-order chi connectivity index (χ0) is 25.5. The highest BCUT2D eigenvalue weighted by molar-refractivity contribution is 7.90. The predicted octanol–water partition coefficient (Wildman–Crippen LogP) is 3.80. The van der Waals surface area contributed by atoms with Crippen molar-refractivity contribution in [2.45, 2.75) is 76.1 Å². The lowest BCUT2D eigenvalue weighted by Gasteiger charge is -2.32. The van der Waals surface area contributed by atoms with E-state index < -0.39 is 22.0 Å². The summed E-state index contributed by atoms with van der Waals surface area (Å²) in [6.45, 7) is 9.95. The van der Waals surface area contributed by atoms with E-state index in [0.29, 0.717) is 12.0 Å². The van der Waals surface area contributed by atoms with Crippen LogP contribution in [-0.2, 0) is 27.6 Å². The van der Waals surface area contributed by atoms with Gasteiger partial charge in [0.15, 0.2) is 9.84 Å². The van der Waals surface area contributed by atoms with Crippen LogP contribution < -0.4 is 10.6 Å². The molecule has 2 rings (SSSR count). The molecule has 0 aliphatic heterocycles. The average molecular weight is 491 g/mol. The smallest absolute Gasteiger partial charge is 0.407 e. The molecule has 7 nitrogen and oxygen atoms in total. The minimum atomic E-state index is -3.39. The van der Waals surface area contributed by atoms with Crippen molar-refractivity contribution in [1.29, 1.82) is 0 Å². The SMILES string of the molecule is CC(C)c1cc(COC(=O)NCC(O)C(Cc2ccccc2)NC(C)(C)C)cc(S(C)(=O)=O)c1. The molecule has 0 aliphatic carbocycles. The number of hydrogen-bond acceptors (Lipinski definition) is 6. The van der Waals surface area contributed by atoms with Gasteiger partial charge in [0, 0.05) is 24.4 Å². The van der Waals surface area contributed by atoms with Crippen LogP contribution in [0, 0.1) is 0 Å². The van der Waals surface area contributed by atoms with Crippen LogP contribution in [0.4, 0.5) is 4.79 Å². The third-order valence-corrected chi connectivity index (χ3v) is 6.38. The van der Waals surface area contributed by atoms with Gasteiger partial charge < -0.3 is 20.5 Å². The fourth-order valence-electron chi connectivity index (χ4n) is 3.55. The van der Waals surface area contributed by atoms with Crippen LogP contribution in [0.25, 0.3) is 0 Å². The number of amides is 1. The monoisotopic (exact) mass is 490 g/mol. The van der Waals surface area contributed by atoms with Crippen LogP contribution in [0.2, 0.25) is 0 Å². The molecule has 2 atom stereocenters. The van der Waals surface area contributed by atoms with Crippen molar-refractivity contribution < 1.29 is 23.1 Å². The van der Waals surface area contributed by atoms with Crippen molar-refractivity contribution in [1.82, 2.24) is 10.6 Å². The molecule has 8 heteroatoms. The summed E-state index contributed by atoms with van der Waals surface area (Å²) >= 11 is 0. The number of alkyl carbamates (subject to hydrolysis) is 1. The number of benzene rings is 2. The van der Waals surface area contributed by atoms with Crippen LogP contribution in [0.5, 0.6) is 0 Å². The topological polar surface area (TPSA) is 105 Å². The van der Waals surface area contributed by atoms with Gasteiger partial charge in [0.25, 0.3) is 0 Å². The summed E-state index contributed by atoms with van der Waals surface area (Å²) in [7, 11) is -3.39. The Labute approximate surface area is 203 Å². The van der Waals surface area contributed by atoms with Gasteiger partial charge in [-0.1, -0.05) is 50.2 Å². The fraction of sp³-hybridized carbons (Fsp3) is 0.500. The maximum absolute atomic E-state index is 12.3. The maximum atomic E-state index is 12.3. The molecular weight excluding hydrogens is 452 g/mol. The second-order valence-electron chi connectivity index (χ2n) is 10.1. The molecule has 34 heavy (non-hydrogen) atoms. The fourth-order valence-corrected chi connectivity index (χ4v) is 4.27. The normalized spacial score (nSPS) is 14.0. The predicted molar refractivity (Wildman–Crippen MR) is 135 cm³/mol. The number of nitrogens with one attached hydrogen (secondary N) is 2. The molecule has 2 aromatic carbocycles. The number of rotatable bonds is 10. The van der Waals surface area contributed by atoms with Gasteiger partial charge in [0.1, 0.15) is 6.61 Å². The van der Waals surface area contributed by atoms with Gasteiger partial charge >= 0.3 is 6.09 Å². The Morgan fingerprint density at radius 2 is 1.71 bits per heavy atom. The molecule has 2 unspecified atom stereocenters. The number of carbonyl (C=O) groups excluding carboxylic acids is 1. The minimum Gasteiger partial charge on any atom is -0.445 e. The van der Waals surface area contributed by atoms with Gasteiger partial charge in [-0.3, -0.25) is 0 Å². The van der Waals surface area contributed by atoms with E-state index in [2.05, 4.69) is 10.6 Å². The second-order valence-corrected chi connectivity index (χ2v) is 12.1. The summed E-state index contributed by atoms with van der Waals surface area (Å²) in [4.78, 5) is 12.5.